The fourth-order valence-corrected chi connectivity index (χ4v) is 1.76. The molecule has 1 aromatic carbocycles. The van der Waals surface area contributed by atoms with Crippen molar-refractivity contribution in [1.29, 1.82) is 0 Å². The molecule has 1 aromatic heterocycles. The van der Waals surface area contributed by atoms with Gasteiger partial charge in [0.05, 0.1) is 0 Å². The fraction of sp³-hybridized carbons (Fsp3) is 0.214. The molecule has 0 saturated heterocycles. The van der Waals surface area contributed by atoms with Crippen molar-refractivity contribution >= 4 is 23.6 Å². The maximum atomic E-state index is 11.6. The van der Waals surface area contributed by atoms with Crippen molar-refractivity contribution in [3.63, 3.8) is 0 Å². The summed E-state index contributed by atoms with van der Waals surface area (Å²) in [6.07, 6.45) is 5.53. The van der Waals surface area contributed by atoms with Gasteiger partial charge in [0, 0.05) is 31.1 Å². The molecule has 0 unspecified atom stereocenters. The highest BCUT2D eigenvalue weighted by Crippen LogP contribution is 2.10. The van der Waals surface area contributed by atoms with Crippen LogP contribution in [0.4, 0.5) is 0 Å². The molecule has 20 heavy (non-hydrogen) atoms. The van der Waals surface area contributed by atoms with Crippen LogP contribution in [0.5, 0.6) is 0 Å². The van der Waals surface area contributed by atoms with Crippen LogP contribution >= 0.6 is 11.6 Å². The molecule has 5 nitrogen and oxygen atoms in total. The molecule has 0 aliphatic heterocycles. The van der Waals surface area contributed by atoms with E-state index in [9.17, 15) is 4.79 Å². The lowest BCUT2D eigenvalue weighted by atomic mass is 10.2. The lowest BCUT2D eigenvalue weighted by molar-refractivity contribution is -0.116. The average molecular weight is 291 g/mol. The van der Waals surface area contributed by atoms with E-state index < -0.39 is 0 Å². The molecule has 0 radical (unpaired) electrons. The van der Waals surface area contributed by atoms with Gasteiger partial charge in [-0.1, -0.05) is 23.7 Å². The van der Waals surface area contributed by atoms with Gasteiger partial charge in [-0.3, -0.25) is 4.79 Å². The molecule has 6 heteroatoms. The Kier molecular flexibility index (Phi) is 4.90. The van der Waals surface area contributed by atoms with E-state index in [1.165, 1.54) is 6.08 Å². The summed E-state index contributed by atoms with van der Waals surface area (Å²) in [5.74, 6) is 0.703. The number of carbonyl (C=O) groups excluding carboxylic acids is 1. The van der Waals surface area contributed by atoms with E-state index >= 15 is 0 Å². The van der Waals surface area contributed by atoms with Crippen LogP contribution in [0.3, 0.4) is 0 Å². The maximum absolute atomic E-state index is 11.6. The Hall–Kier alpha value is -2.14. The van der Waals surface area contributed by atoms with Crippen molar-refractivity contribution < 1.29 is 4.79 Å². The van der Waals surface area contributed by atoms with Crippen LogP contribution in [0.15, 0.2) is 36.7 Å². The lowest BCUT2D eigenvalue weighted by Gasteiger charge is -2.01. The van der Waals surface area contributed by atoms with Crippen LogP contribution in [-0.4, -0.2) is 27.2 Å². The van der Waals surface area contributed by atoms with Gasteiger partial charge in [0.2, 0.25) is 5.91 Å². The largest absolute Gasteiger partial charge is 0.352 e. The number of hydrogen-bond donors (Lipinski definition) is 1. The Bertz CT molecular complexity index is 604. The van der Waals surface area contributed by atoms with Crippen molar-refractivity contribution in [3.05, 3.63) is 53.1 Å². The number of nitrogens with one attached hydrogen (secondary N) is 1. The summed E-state index contributed by atoms with van der Waals surface area (Å²) in [5.41, 5.74) is 0.929. The number of carbonyl (C=O) groups is 1. The van der Waals surface area contributed by atoms with E-state index in [1.54, 1.807) is 24.5 Å². The monoisotopic (exact) mass is 290 g/mol. The van der Waals surface area contributed by atoms with Gasteiger partial charge < -0.3 is 9.88 Å². The van der Waals surface area contributed by atoms with Crippen molar-refractivity contribution in [1.82, 2.24) is 20.1 Å². The summed E-state index contributed by atoms with van der Waals surface area (Å²) in [7, 11) is 1.87. The maximum Gasteiger partial charge on any atom is 0.244 e. The molecule has 0 aliphatic rings. The van der Waals surface area contributed by atoms with E-state index in [-0.39, 0.29) is 5.91 Å². The number of benzene rings is 1. The molecule has 2 rings (SSSR count). The normalized spacial score (nSPS) is 10.9. The third kappa shape index (κ3) is 4.20. The molecule has 0 fully saturated rings. The van der Waals surface area contributed by atoms with Crippen molar-refractivity contribution in [3.8, 4) is 0 Å². The van der Waals surface area contributed by atoms with Gasteiger partial charge in [0.25, 0.3) is 0 Å². The van der Waals surface area contributed by atoms with Gasteiger partial charge in [-0.05, 0) is 23.8 Å². The third-order valence-corrected chi connectivity index (χ3v) is 3.00. The van der Waals surface area contributed by atoms with Crippen LogP contribution in [0.25, 0.3) is 6.08 Å². The quantitative estimate of drug-likeness (QED) is 0.855. The predicted molar refractivity (Wildman–Crippen MR) is 78.2 cm³/mol. The Labute approximate surface area is 122 Å². The zero-order valence-electron chi connectivity index (χ0n) is 11.1. The second-order valence-electron chi connectivity index (χ2n) is 4.28. The number of hydrogen-bond acceptors (Lipinski definition) is 3. The second-order valence-corrected chi connectivity index (χ2v) is 4.72. The molecular formula is C14H15ClN4O. The van der Waals surface area contributed by atoms with E-state index in [1.807, 2.05) is 23.7 Å². The minimum absolute atomic E-state index is 0.137. The zero-order chi connectivity index (χ0) is 14.4. The van der Waals surface area contributed by atoms with E-state index in [4.69, 9.17) is 11.6 Å². The van der Waals surface area contributed by atoms with E-state index in [0.29, 0.717) is 18.0 Å². The molecular weight excluding hydrogens is 276 g/mol. The van der Waals surface area contributed by atoms with Gasteiger partial charge in [0.1, 0.15) is 12.2 Å². The molecule has 2 aromatic rings. The highest BCUT2D eigenvalue weighted by atomic mass is 35.5. The summed E-state index contributed by atoms with van der Waals surface area (Å²) in [4.78, 5) is 11.6. The molecule has 1 N–H and O–H groups in total. The van der Waals surface area contributed by atoms with Crippen molar-refractivity contribution in [2.24, 2.45) is 7.05 Å². The third-order valence-electron chi connectivity index (χ3n) is 2.75. The summed E-state index contributed by atoms with van der Waals surface area (Å²) >= 11 is 5.79. The van der Waals surface area contributed by atoms with Gasteiger partial charge in [0.15, 0.2) is 0 Å². The summed E-state index contributed by atoms with van der Waals surface area (Å²) < 4.78 is 1.83. The minimum atomic E-state index is -0.137. The van der Waals surface area contributed by atoms with E-state index in [0.717, 1.165) is 11.4 Å². The number of nitrogens with zero attached hydrogens (tertiary/aromatic N) is 3. The van der Waals surface area contributed by atoms with Gasteiger partial charge in [-0.15, -0.1) is 10.2 Å². The molecule has 0 atom stereocenters. The first-order valence-corrected chi connectivity index (χ1v) is 6.57. The molecule has 0 spiro atoms. The minimum Gasteiger partial charge on any atom is -0.352 e. The lowest BCUT2D eigenvalue weighted by Crippen LogP contribution is -2.24. The number of aromatic nitrogens is 3. The molecule has 1 heterocycles. The first kappa shape index (κ1) is 14.3. The zero-order valence-corrected chi connectivity index (χ0v) is 11.8. The standard InChI is InChI=1S/C14H15ClN4O/c1-19-10-17-18-13(19)8-9-16-14(20)7-4-11-2-5-12(15)6-3-11/h2-7,10H,8-9H2,1H3,(H,16,20). The summed E-state index contributed by atoms with van der Waals surface area (Å²) in [5, 5.41) is 11.2. The smallest absolute Gasteiger partial charge is 0.244 e. The molecule has 0 saturated carbocycles. The topological polar surface area (TPSA) is 59.8 Å². The number of aryl methyl sites for hydroxylation is 1. The van der Waals surface area contributed by atoms with Gasteiger partial charge in [-0.2, -0.15) is 0 Å². The van der Waals surface area contributed by atoms with E-state index in [2.05, 4.69) is 15.5 Å². The van der Waals surface area contributed by atoms with Crippen molar-refractivity contribution in [2.45, 2.75) is 6.42 Å². The highest BCUT2D eigenvalue weighted by Gasteiger charge is 2.01. The van der Waals surface area contributed by atoms with Crippen LogP contribution < -0.4 is 5.32 Å². The van der Waals surface area contributed by atoms with Gasteiger partial charge >= 0.3 is 0 Å². The molecule has 104 valence electrons. The number of amides is 1. The number of halogens is 1. The summed E-state index contributed by atoms with van der Waals surface area (Å²) in [6.45, 7) is 0.524. The highest BCUT2D eigenvalue weighted by molar-refractivity contribution is 6.30. The molecule has 1 amide bonds. The average Bonchev–Trinajstić information content (AvgIpc) is 2.84. The molecule has 0 bridgehead atoms. The second kappa shape index (κ2) is 6.86. The Morgan fingerprint density at radius 2 is 2.15 bits per heavy atom. The van der Waals surface area contributed by atoms with Crippen LogP contribution in [-0.2, 0) is 18.3 Å². The van der Waals surface area contributed by atoms with Crippen molar-refractivity contribution in [2.75, 3.05) is 6.54 Å². The first-order chi connectivity index (χ1) is 9.65. The molecule has 0 aliphatic carbocycles. The SMILES string of the molecule is Cn1cnnc1CCNC(=O)C=Cc1ccc(Cl)cc1. The summed E-state index contributed by atoms with van der Waals surface area (Å²) in [6, 6.07) is 7.28. The van der Waals surface area contributed by atoms with Crippen LogP contribution in [0, 0.1) is 0 Å². The van der Waals surface area contributed by atoms with Crippen LogP contribution in [0.1, 0.15) is 11.4 Å². The number of rotatable bonds is 5. The van der Waals surface area contributed by atoms with Gasteiger partial charge in [-0.25, -0.2) is 0 Å². The Morgan fingerprint density at radius 3 is 2.80 bits per heavy atom. The fourth-order valence-electron chi connectivity index (χ4n) is 1.64. The first-order valence-electron chi connectivity index (χ1n) is 6.19. The van der Waals surface area contributed by atoms with Crippen LogP contribution in [0.2, 0.25) is 5.02 Å². The Balaban J connectivity index is 1.78. The predicted octanol–water partition coefficient (Wildman–Crippen LogP) is 1.84. The Morgan fingerprint density at radius 1 is 1.40 bits per heavy atom.